The van der Waals surface area contributed by atoms with Crippen molar-refractivity contribution < 1.29 is 18.6 Å². The first kappa shape index (κ1) is 13.2. The lowest BCUT2D eigenvalue weighted by Gasteiger charge is -2.34. The van der Waals surface area contributed by atoms with E-state index in [1.54, 1.807) is 18.2 Å². The van der Waals surface area contributed by atoms with Crippen molar-refractivity contribution >= 4 is 0 Å². The summed E-state index contributed by atoms with van der Waals surface area (Å²) in [4.78, 5) is 0. The summed E-state index contributed by atoms with van der Waals surface area (Å²) in [5, 5.41) is 10.1. The molecule has 0 heterocycles. The third-order valence-corrected chi connectivity index (χ3v) is 3.49. The van der Waals surface area contributed by atoms with Crippen LogP contribution in [0, 0.1) is 5.92 Å². The maximum absolute atomic E-state index is 12.3. The van der Waals surface area contributed by atoms with Crippen molar-refractivity contribution in [2.24, 2.45) is 11.7 Å². The zero-order chi connectivity index (χ0) is 13.1. The van der Waals surface area contributed by atoms with Gasteiger partial charge in [0.1, 0.15) is 5.75 Å². The van der Waals surface area contributed by atoms with Gasteiger partial charge >= 0.3 is 6.61 Å². The number of aliphatic hydroxyl groups excluding tert-OH is 1. The molecular weight excluding hydrogens is 240 g/mol. The number of nitrogens with two attached hydrogens (primary N) is 1. The average molecular weight is 257 g/mol. The van der Waals surface area contributed by atoms with Crippen LogP contribution >= 0.6 is 0 Å². The molecule has 5 heteroatoms. The molecule has 0 unspecified atom stereocenters. The van der Waals surface area contributed by atoms with E-state index >= 15 is 0 Å². The fraction of sp³-hybridized carbons (Fsp3) is 0.538. The Labute approximate surface area is 105 Å². The molecule has 1 fully saturated rings. The normalized spacial score (nSPS) is 19.4. The van der Waals surface area contributed by atoms with Crippen LogP contribution in [0.5, 0.6) is 5.75 Å². The highest BCUT2D eigenvalue weighted by Gasteiger charge is 2.32. The first-order chi connectivity index (χ1) is 8.59. The first-order valence-electron chi connectivity index (χ1n) is 6.07. The van der Waals surface area contributed by atoms with E-state index in [1.165, 1.54) is 6.07 Å². The number of halogens is 2. The zero-order valence-electron chi connectivity index (χ0n) is 9.93. The highest BCUT2D eigenvalue weighted by molar-refractivity contribution is 5.36. The Morgan fingerprint density at radius 2 is 1.94 bits per heavy atom. The van der Waals surface area contributed by atoms with Gasteiger partial charge < -0.3 is 15.6 Å². The average Bonchev–Trinajstić information content (AvgIpc) is 2.25. The van der Waals surface area contributed by atoms with Crippen LogP contribution in [0.1, 0.15) is 30.9 Å². The third-order valence-electron chi connectivity index (χ3n) is 3.49. The molecule has 0 spiro atoms. The van der Waals surface area contributed by atoms with Crippen molar-refractivity contribution in [3.63, 3.8) is 0 Å². The second-order valence-electron chi connectivity index (χ2n) is 4.62. The fourth-order valence-corrected chi connectivity index (χ4v) is 2.22. The molecule has 0 radical (unpaired) electrons. The number of aliphatic hydroxyl groups is 1. The number of alkyl halides is 2. The molecule has 1 aliphatic carbocycles. The van der Waals surface area contributed by atoms with Crippen molar-refractivity contribution in [3.05, 3.63) is 29.8 Å². The van der Waals surface area contributed by atoms with Crippen LogP contribution in [0.2, 0.25) is 0 Å². The van der Waals surface area contributed by atoms with Crippen LogP contribution in [-0.2, 0) is 0 Å². The van der Waals surface area contributed by atoms with Crippen molar-refractivity contribution in [1.82, 2.24) is 0 Å². The first-order valence-corrected chi connectivity index (χ1v) is 6.07. The van der Waals surface area contributed by atoms with Crippen LogP contribution < -0.4 is 10.5 Å². The van der Waals surface area contributed by atoms with Gasteiger partial charge in [-0.05, 0) is 24.8 Å². The van der Waals surface area contributed by atoms with E-state index in [0.717, 1.165) is 19.3 Å². The fourth-order valence-electron chi connectivity index (χ4n) is 2.22. The summed E-state index contributed by atoms with van der Waals surface area (Å²) in [5.41, 5.74) is 6.38. The Kier molecular flexibility index (Phi) is 4.14. The van der Waals surface area contributed by atoms with Gasteiger partial charge in [-0.15, -0.1) is 0 Å². The molecule has 18 heavy (non-hydrogen) atoms. The largest absolute Gasteiger partial charge is 0.434 e. The van der Waals surface area contributed by atoms with Gasteiger partial charge in [-0.2, -0.15) is 8.78 Å². The van der Waals surface area contributed by atoms with Crippen molar-refractivity contribution in [3.8, 4) is 5.75 Å². The van der Waals surface area contributed by atoms with Crippen molar-refractivity contribution in [2.75, 3.05) is 0 Å². The van der Waals surface area contributed by atoms with Crippen LogP contribution in [0.4, 0.5) is 8.78 Å². The number of hydrogen-bond donors (Lipinski definition) is 2. The summed E-state index contributed by atoms with van der Waals surface area (Å²) in [5.74, 6) is 0.206. The van der Waals surface area contributed by atoms with E-state index in [1.807, 2.05) is 0 Å². The lowest BCUT2D eigenvalue weighted by molar-refractivity contribution is -0.0515. The standard InChI is InChI=1S/C13H17F2NO2/c14-13(15)18-10-7-2-1-6-9(10)11(16)12(17)8-4-3-5-8/h1-2,6-8,11-13,17H,3-5,16H2/t11-,12+/m0/s1. The summed E-state index contributed by atoms with van der Waals surface area (Å²) >= 11 is 0. The van der Waals surface area contributed by atoms with Crippen molar-refractivity contribution in [1.29, 1.82) is 0 Å². The minimum atomic E-state index is -2.89. The molecule has 100 valence electrons. The van der Waals surface area contributed by atoms with Crippen LogP contribution in [0.15, 0.2) is 24.3 Å². The number of ether oxygens (including phenoxy) is 1. The third kappa shape index (κ3) is 2.79. The number of hydrogen-bond acceptors (Lipinski definition) is 3. The predicted molar refractivity (Wildman–Crippen MR) is 63.4 cm³/mol. The van der Waals surface area contributed by atoms with E-state index in [9.17, 15) is 13.9 Å². The smallest absolute Gasteiger partial charge is 0.387 e. The maximum atomic E-state index is 12.3. The van der Waals surface area contributed by atoms with Gasteiger partial charge in [0.2, 0.25) is 0 Å². The predicted octanol–water partition coefficient (Wildman–Crippen LogP) is 2.45. The van der Waals surface area contributed by atoms with E-state index in [4.69, 9.17) is 5.73 Å². The molecule has 1 aromatic rings. The second kappa shape index (κ2) is 5.63. The molecule has 2 atom stereocenters. The highest BCUT2D eigenvalue weighted by atomic mass is 19.3. The minimum Gasteiger partial charge on any atom is -0.434 e. The molecule has 0 aromatic heterocycles. The number of rotatable bonds is 5. The molecule has 0 amide bonds. The summed E-state index contributed by atoms with van der Waals surface area (Å²) in [6, 6.07) is 5.66. The Balaban J connectivity index is 2.15. The lowest BCUT2D eigenvalue weighted by atomic mass is 9.77. The number of para-hydroxylation sites is 1. The summed E-state index contributed by atoms with van der Waals surface area (Å²) in [7, 11) is 0. The van der Waals surface area contributed by atoms with Crippen molar-refractivity contribution in [2.45, 2.75) is 38.0 Å². The molecule has 1 aromatic carbocycles. The van der Waals surface area contributed by atoms with Gasteiger partial charge in [0.25, 0.3) is 0 Å². The molecule has 1 aliphatic rings. The van der Waals surface area contributed by atoms with E-state index in [-0.39, 0.29) is 11.7 Å². The molecule has 0 saturated heterocycles. The topological polar surface area (TPSA) is 55.5 Å². The molecule has 2 rings (SSSR count). The minimum absolute atomic E-state index is 0.0402. The van der Waals surface area contributed by atoms with Crippen LogP contribution in [0.3, 0.4) is 0 Å². The SMILES string of the molecule is N[C@@H](c1ccccc1OC(F)F)[C@H](O)C1CCC1. The molecule has 0 aliphatic heterocycles. The van der Waals surface area contributed by atoms with E-state index < -0.39 is 18.8 Å². The Hall–Kier alpha value is -1.20. The Bertz CT molecular complexity index is 396. The quantitative estimate of drug-likeness (QED) is 0.851. The molecule has 0 bridgehead atoms. The van der Waals surface area contributed by atoms with Crippen LogP contribution in [-0.4, -0.2) is 17.8 Å². The highest BCUT2D eigenvalue weighted by Crippen LogP contribution is 2.36. The second-order valence-corrected chi connectivity index (χ2v) is 4.62. The lowest BCUT2D eigenvalue weighted by Crippen LogP contribution is -2.36. The summed E-state index contributed by atoms with van der Waals surface area (Å²) in [6.45, 7) is -2.89. The monoisotopic (exact) mass is 257 g/mol. The molecule has 3 nitrogen and oxygen atoms in total. The van der Waals surface area contributed by atoms with Gasteiger partial charge in [-0.1, -0.05) is 24.6 Å². The van der Waals surface area contributed by atoms with E-state index in [2.05, 4.69) is 4.74 Å². The van der Waals surface area contributed by atoms with Gasteiger partial charge in [0.05, 0.1) is 12.1 Å². The Morgan fingerprint density at radius 3 is 2.50 bits per heavy atom. The summed E-state index contributed by atoms with van der Waals surface area (Å²) < 4.78 is 29.0. The Morgan fingerprint density at radius 1 is 1.28 bits per heavy atom. The van der Waals surface area contributed by atoms with Gasteiger partial charge in [0.15, 0.2) is 0 Å². The van der Waals surface area contributed by atoms with Gasteiger partial charge in [0, 0.05) is 5.56 Å². The van der Waals surface area contributed by atoms with Gasteiger partial charge in [-0.25, -0.2) is 0 Å². The van der Waals surface area contributed by atoms with E-state index in [0.29, 0.717) is 5.56 Å². The maximum Gasteiger partial charge on any atom is 0.387 e. The van der Waals surface area contributed by atoms with Gasteiger partial charge in [-0.3, -0.25) is 0 Å². The molecular formula is C13H17F2NO2. The molecule has 3 N–H and O–H groups in total. The molecule has 1 saturated carbocycles. The number of benzene rings is 1. The van der Waals surface area contributed by atoms with Crippen LogP contribution in [0.25, 0.3) is 0 Å². The zero-order valence-corrected chi connectivity index (χ0v) is 9.93. The summed E-state index contributed by atoms with van der Waals surface area (Å²) in [6.07, 6.45) is 2.25.